The van der Waals surface area contributed by atoms with Gasteiger partial charge in [-0.1, -0.05) is 36.4 Å². The lowest BCUT2D eigenvalue weighted by atomic mass is 10.3. The lowest BCUT2D eigenvalue weighted by molar-refractivity contribution is -0.117. The smallest absolute Gasteiger partial charge is 0.240 e. The number of rotatable bonds is 8. The molecule has 11 heteroatoms. The molecule has 10 nitrogen and oxygen atoms in total. The fourth-order valence-electron chi connectivity index (χ4n) is 3.67. The van der Waals surface area contributed by atoms with E-state index in [1.54, 1.807) is 6.20 Å². The average molecular weight is 488 g/mol. The Labute approximate surface area is 207 Å². The van der Waals surface area contributed by atoms with E-state index < -0.39 is 0 Å². The van der Waals surface area contributed by atoms with Crippen molar-refractivity contribution in [2.24, 2.45) is 0 Å². The molecule has 0 atom stereocenters. The van der Waals surface area contributed by atoms with Gasteiger partial charge < -0.3 is 20.9 Å². The fraction of sp³-hybridized carbons (Fsp3) is 0.208. The van der Waals surface area contributed by atoms with Crippen LogP contribution in [0.5, 0.6) is 0 Å². The molecule has 0 bridgehead atoms. The van der Waals surface area contributed by atoms with Gasteiger partial charge in [0.2, 0.25) is 23.8 Å². The van der Waals surface area contributed by atoms with Gasteiger partial charge in [0.15, 0.2) is 5.13 Å². The first-order valence-electron chi connectivity index (χ1n) is 11.3. The predicted molar refractivity (Wildman–Crippen MR) is 139 cm³/mol. The van der Waals surface area contributed by atoms with Gasteiger partial charge >= 0.3 is 0 Å². The van der Waals surface area contributed by atoms with Gasteiger partial charge in [0.25, 0.3) is 0 Å². The van der Waals surface area contributed by atoms with Crippen LogP contribution in [0.15, 0.2) is 72.2 Å². The fourth-order valence-corrected chi connectivity index (χ4v) is 4.22. The van der Waals surface area contributed by atoms with Gasteiger partial charge in [0.05, 0.1) is 6.54 Å². The second kappa shape index (κ2) is 10.9. The summed E-state index contributed by atoms with van der Waals surface area (Å²) in [6, 6.07) is 19.6. The van der Waals surface area contributed by atoms with E-state index in [9.17, 15) is 4.79 Å². The van der Waals surface area contributed by atoms with Crippen molar-refractivity contribution in [3.05, 3.63) is 72.2 Å². The van der Waals surface area contributed by atoms with E-state index in [1.165, 1.54) is 11.3 Å². The minimum atomic E-state index is -0.0581. The lowest BCUT2D eigenvalue weighted by Crippen LogP contribution is -2.49. The number of benzene rings is 2. The Morgan fingerprint density at radius 1 is 0.829 bits per heavy atom. The van der Waals surface area contributed by atoms with Crippen molar-refractivity contribution in [3.8, 4) is 0 Å². The molecular weight excluding hydrogens is 462 g/mol. The summed E-state index contributed by atoms with van der Waals surface area (Å²) < 4.78 is 0. The zero-order valence-corrected chi connectivity index (χ0v) is 19.8. The van der Waals surface area contributed by atoms with Crippen LogP contribution in [-0.4, -0.2) is 63.5 Å². The average Bonchev–Trinajstić information content (AvgIpc) is 3.38. The van der Waals surface area contributed by atoms with E-state index in [0.29, 0.717) is 42.6 Å². The summed E-state index contributed by atoms with van der Waals surface area (Å²) in [6.45, 7) is 3.17. The van der Waals surface area contributed by atoms with Gasteiger partial charge in [0.1, 0.15) is 0 Å². The van der Waals surface area contributed by atoms with E-state index in [-0.39, 0.29) is 5.91 Å². The molecule has 0 unspecified atom stereocenters. The molecule has 2 aromatic heterocycles. The molecule has 1 fully saturated rings. The number of anilines is 6. The van der Waals surface area contributed by atoms with Crippen LogP contribution in [0.4, 0.5) is 34.4 Å². The molecule has 35 heavy (non-hydrogen) atoms. The number of hydrogen-bond donors (Lipinski definition) is 3. The number of amides is 1. The molecule has 0 spiro atoms. The van der Waals surface area contributed by atoms with Gasteiger partial charge in [-0.05, 0) is 24.3 Å². The second-order valence-electron chi connectivity index (χ2n) is 7.91. The zero-order valence-electron chi connectivity index (χ0n) is 19.0. The third-order valence-electron chi connectivity index (χ3n) is 5.38. The molecule has 1 aliphatic rings. The maximum Gasteiger partial charge on any atom is 0.240 e. The lowest BCUT2D eigenvalue weighted by Gasteiger charge is -2.34. The first-order valence-corrected chi connectivity index (χ1v) is 12.2. The van der Waals surface area contributed by atoms with E-state index in [1.807, 2.05) is 66.0 Å². The molecular formula is C24H25N9OS. The van der Waals surface area contributed by atoms with Crippen LogP contribution in [0.3, 0.4) is 0 Å². The van der Waals surface area contributed by atoms with Gasteiger partial charge in [-0.2, -0.15) is 15.0 Å². The summed E-state index contributed by atoms with van der Waals surface area (Å²) in [5, 5.41) is 11.8. The summed E-state index contributed by atoms with van der Waals surface area (Å²) in [5.74, 6) is 1.45. The highest BCUT2D eigenvalue weighted by atomic mass is 32.1. The number of aromatic nitrogens is 4. The summed E-state index contributed by atoms with van der Waals surface area (Å²) in [4.78, 5) is 34.6. The maximum absolute atomic E-state index is 12.3. The molecule has 4 aromatic rings. The highest BCUT2D eigenvalue weighted by Gasteiger charge is 2.22. The monoisotopic (exact) mass is 487 g/mol. The van der Waals surface area contributed by atoms with Crippen molar-refractivity contribution in [3.63, 3.8) is 0 Å². The number of piperazine rings is 1. The van der Waals surface area contributed by atoms with Crippen molar-refractivity contribution in [2.75, 3.05) is 53.6 Å². The van der Waals surface area contributed by atoms with Crippen molar-refractivity contribution in [2.45, 2.75) is 0 Å². The highest BCUT2D eigenvalue weighted by Crippen LogP contribution is 2.21. The van der Waals surface area contributed by atoms with Crippen LogP contribution in [0.2, 0.25) is 0 Å². The molecule has 0 radical (unpaired) electrons. The van der Waals surface area contributed by atoms with Crippen LogP contribution in [0, 0.1) is 0 Å². The number of carbonyl (C=O) groups is 1. The van der Waals surface area contributed by atoms with Crippen LogP contribution >= 0.6 is 11.3 Å². The summed E-state index contributed by atoms with van der Waals surface area (Å²) in [6.07, 6.45) is 1.68. The number of nitrogens with one attached hydrogen (secondary N) is 3. The maximum atomic E-state index is 12.3. The summed E-state index contributed by atoms with van der Waals surface area (Å²) in [5.41, 5.74) is 1.79. The number of nitrogens with zero attached hydrogens (tertiary/aromatic N) is 6. The predicted octanol–water partition coefficient (Wildman–Crippen LogP) is 3.58. The van der Waals surface area contributed by atoms with Crippen molar-refractivity contribution < 1.29 is 4.79 Å². The topological polar surface area (TPSA) is 111 Å². The third kappa shape index (κ3) is 6.28. The Bertz CT molecular complexity index is 1170. The Kier molecular flexibility index (Phi) is 7.06. The molecule has 1 aliphatic heterocycles. The zero-order chi connectivity index (χ0) is 23.9. The molecule has 3 heterocycles. The van der Waals surface area contributed by atoms with E-state index in [0.717, 1.165) is 24.5 Å². The Hall–Kier alpha value is -4.09. The van der Waals surface area contributed by atoms with E-state index >= 15 is 0 Å². The first kappa shape index (κ1) is 22.7. The number of thiazole rings is 1. The van der Waals surface area contributed by atoms with Crippen molar-refractivity contribution in [1.29, 1.82) is 0 Å². The van der Waals surface area contributed by atoms with Crippen LogP contribution < -0.4 is 20.9 Å². The molecule has 1 saturated heterocycles. The second-order valence-corrected chi connectivity index (χ2v) is 8.81. The van der Waals surface area contributed by atoms with Gasteiger partial charge in [-0.3, -0.25) is 9.69 Å². The van der Waals surface area contributed by atoms with Gasteiger partial charge in [-0.15, -0.1) is 11.3 Å². The highest BCUT2D eigenvalue weighted by molar-refractivity contribution is 7.13. The molecule has 0 saturated carbocycles. The largest absolute Gasteiger partial charge is 0.338 e. The molecule has 2 aromatic carbocycles. The van der Waals surface area contributed by atoms with E-state index in [4.69, 9.17) is 0 Å². The van der Waals surface area contributed by atoms with Crippen molar-refractivity contribution >= 4 is 51.6 Å². The first-order chi connectivity index (χ1) is 17.2. The Morgan fingerprint density at radius 2 is 1.43 bits per heavy atom. The summed E-state index contributed by atoms with van der Waals surface area (Å²) in [7, 11) is 0. The minimum Gasteiger partial charge on any atom is -0.338 e. The standard InChI is InChI=1S/C24H25N9OS/c34-20(28-24-25-11-16-35-24)17-32-12-14-33(15-13-32)23-30-21(26-18-7-3-1-4-8-18)29-22(31-23)27-19-9-5-2-6-10-19/h1-11,16H,12-15,17H2,(H,25,28,34)(H2,26,27,29,30,31). The normalized spacial score (nSPS) is 13.9. The quantitative estimate of drug-likeness (QED) is 0.343. The van der Waals surface area contributed by atoms with Crippen LogP contribution in [0.1, 0.15) is 0 Å². The molecule has 178 valence electrons. The number of para-hydroxylation sites is 2. The number of hydrogen-bond acceptors (Lipinski definition) is 10. The van der Waals surface area contributed by atoms with Gasteiger partial charge in [0, 0.05) is 49.1 Å². The van der Waals surface area contributed by atoms with Crippen LogP contribution in [0.25, 0.3) is 0 Å². The Balaban J connectivity index is 1.27. The third-order valence-corrected chi connectivity index (χ3v) is 6.07. The minimum absolute atomic E-state index is 0.0581. The SMILES string of the molecule is O=C(CN1CCN(c2nc(Nc3ccccc3)nc(Nc3ccccc3)n2)CC1)Nc1nccs1. The van der Waals surface area contributed by atoms with Crippen molar-refractivity contribution in [1.82, 2.24) is 24.8 Å². The van der Waals surface area contributed by atoms with Crippen LogP contribution in [-0.2, 0) is 4.79 Å². The molecule has 0 aliphatic carbocycles. The Morgan fingerprint density at radius 3 is 1.97 bits per heavy atom. The molecule has 3 N–H and O–H groups in total. The van der Waals surface area contributed by atoms with E-state index in [2.05, 4.69) is 45.7 Å². The summed E-state index contributed by atoms with van der Waals surface area (Å²) >= 11 is 1.41. The van der Waals surface area contributed by atoms with Gasteiger partial charge in [-0.25, -0.2) is 4.98 Å². The molecule has 5 rings (SSSR count). The molecule has 1 amide bonds. The number of carbonyl (C=O) groups excluding carboxylic acids is 1.